The second-order valence-corrected chi connectivity index (χ2v) is 4.54. The van der Waals surface area contributed by atoms with Gasteiger partial charge < -0.3 is 11.1 Å². The smallest absolute Gasteiger partial charge is 0.237 e. The maximum absolute atomic E-state index is 11.6. The van der Waals surface area contributed by atoms with Gasteiger partial charge in [0.25, 0.3) is 0 Å². The number of rotatable bonds is 5. The van der Waals surface area contributed by atoms with E-state index in [9.17, 15) is 4.79 Å². The second-order valence-electron chi connectivity index (χ2n) is 4.54. The summed E-state index contributed by atoms with van der Waals surface area (Å²) < 4.78 is 0. The Morgan fingerprint density at radius 1 is 1.21 bits per heavy atom. The van der Waals surface area contributed by atoms with E-state index in [0.29, 0.717) is 5.92 Å². The Balaban J connectivity index is 4.15. The third-order valence-corrected chi connectivity index (χ3v) is 2.59. The zero-order chi connectivity index (χ0) is 11.3. The summed E-state index contributed by atoms with van der Waals surface area (Å²) in [6, 6.07) is -0.143. The van der Waals surface area contributed by atoms with Crippen LogP contribution >= 0.6 is 0 Å². The zero-order valence-corrected chi connectivity index (χ0v) is 10.0. The normalized spacial score (nSPS) is 15.7. The van der Waals surface area contributed by atoms with Crippen molar-refractivity contribution in [2.45, 2.75) is 53.1 Å². The highest BCUT2D eigenvalue weighted by Crippen LogP contribution is 2.06. The Hall–Kier alpha value is -0.570. The molecule has 0 heterocycles. The van der Waals surface area contributed by atoms with E-state index in [0.717, 1.165) is 6.42 Å². The molecule has 0 aliphatic carbocycles. The van der Waals surface area contributed by atoms with Crippen molar-refractivity contribution >= 4 is 5.91 Å². The summed E-state index contributed by atoms with van der Waals surface area (Å²) in [5.74, 6) is 0.628. The van der Waals surface area contributed by atoms with Crippen molar-refractivity contribution < 1.29 is 4.79 Å². The van der Waals surface area contributed by atoms with Crippen molar-refractivity contribution in [3.05, 3.63) is 0 Å². The van der Waals surface area contributed by atoms with E-state index in [2.05, 4.69) is 26.1 Å². The molecule has 0 aromatic heterocycles. The molecule has 3 N–H and O–H groups in total. The standard InChI is InChI=1S/C11H24N2O/c1-6-9(7(2)3)13-11(14)10(12)8(4)5/h7-10H,6,12H2,1-5H3,(H,13,14)/t9-,10+/m1/s1. The maximum atomic E-state index is 11.6. The minimum atomic E-state index is -0.386. The molecule has 0 aliphatic heterocycles. The van der Waals surface area contributed by atoms with Gasteiger partial charge in [-0.25, -0.2) is 0 Å². The minimum Gasteiger partial charge on any atom is -0.352 e. The average molecular weight is 200 g/mol. The first kappa shape index (κ1) is 13.4. The van der Waals surface area contributed by atoms with E-state index in [1.165, 1.54) is 0 Å². The Kier molecular flexibility index (Phi) is 5.77. The van der Waals surface area contributed by atoms with Gasteiger partial charge in [-0.15, -0.1) is 0 Å². The Morgan fingerprint density at radius 2 is 1.71 bits per heavy atom. The van der Waals surface area contributed by atoms with Gasteiger partial charge >= 0.3 is 0 Å². The molecule has 0 rings (SSSR count). The van der Waals surface area contributed by atoms with Crippen LogP contribution < -0.4 is 11.1 Å². The average Bonchev–Trinajstić information content (AvgIpc) is 2.11. The molecule has 0 radical (unpaired) electrons. The van der Waals surface area contributed by atoms with Crippen LogP contribution in [0.3, 0.4) is 0 Å². The van der Waals surface area contributed by atoms with Crippen LogP contribution in [0.4, 0.5) is 0 Å². The number of carbonyl (C=O) groups excluding carboxylic acids is 1. The van der Waals surface area contributed by atoms with Gasteiger partial charge in [0.1, 0.15) is 0 Å². The fourth-order valence-electron chi connectivity index (χ4n) is 1.32. The summed E-state index contributed by atoms with van der Waals surface area (Å²) in [7, 11) is 0. The van der Waals surface area contributed by atoms with Crippen molar-refractivity contribution in [1.82, 2.24) is 5.32 Å². The predicted molar refractivity (Wildman–Crippen MR) is 59.9 cm³/mol. The highest BCUT2D eigenvalue weighted by Gasteiger charge is 2.21. The van der Waals surface area contributed by atoms with Gasteiger partial charge in [-0.2, -0.15) is 0 Å². The first-order valence-electron chi connectivity index (χ1n) is 5.46. The lowest BCUT2D eigenvalue weighted by atomic mass is 9.99. The van der Waals surface area contributed by atoms with Crippen LogP contribution in [0.25, 0.3) is 0 Å². The van der Waals surface area contributed by atoms with E-state index in [-0.39, 0.29) is 23.9 Å². The quantitative estimate of drug-likeness (QED) is 0.707. The van der Waals surface area contributed by atoms with E-state index in [4.69, 9.17) is 5.73 Å². The van der Waals surface area contributed by atoms with Crippen molar-refractivity contribution in [3.63, 3.8) is 0 Å². The molecule has 0 spiro atoms. The summed E-state index contributed by atoms with van der Waals surface area (Å²) in [6.07, 6.45) is 0.953. The summed E-state index contributed by atoms with van der Waals surface area (Å²) in [4.78, 5) is 11.6. The lowest BCUT2D eigenvalue weighted by Crippen LogP contribution is -2.49. The van der Waals surface area contributed by atoms with Gasteiger partial charge in [0, 0.05) is 6.04 Å². The first-order valence-corrected chi connectivity index (χ1v) is 5.46. The molecule has 1 amide bonds. The third kappa shape index (κ3) is 4.09. The summed E-state index contributed by atoms with van der Waals surface area (Å²) in [6.45, 7) is 10.2. The van der Waals surface area contributed by atoms with Gasteiger partial charge in [0.05, 0.1) is 6.04 Å². The molecule has 0 aliphatic rings. The van der Waals surface area contributed by atoms with Crippen LogP contribution in [0.15, 0.2) is 0 Å². The third-order valence-electron chi connectivity index (χ3n) is 2.59. The largest absolute Gasteiger partial charge is 0.352 e. The molecule has 3 heteroatoms. The Morgan fingerprint density at radius 3 is 2.00 bits per heavy atom. The number of hydrogen-bond donors (Lipinski definition) is 2. The van der Waals surface area contributed by atoms with Crippen molar-refractivity contribution in [2.75, 3.05) is 0 Å². The highest BCUT2D eigenvalue weighted by molar-refractivity contribution is 5.82. The van der Waals surface area contributed by atoms with E-state index in [1.807, 2.05) is 13.8 Å². The first-order chi connectivity index (χ1) is 6.40. The molecule has 0 fully saturated rings. The molecule has 0 aromatic carbocycles. The number of carbonyl (C=O) groups is 1. The lowest BCUT2D eigenvalue weighted by Gasteiger charge is -2.24. The lowest BCUT2D eigenvalue weighted by molar-refractivity contribution is -0.124. The Bertz CT molecular complexity index is 178. The molecule has 14 heavy (non-hydrogen) atoms. The highest BCUT2D eigenvalue weighted by atomic mass is 16.2. The molecule has 0 saturated carbocycles. The summed E-state index contributed by atoms with van der Waals surface area (Å²) in [5.41, 5.74) is 5.75. The maximum Gasteiger partial charge on any atom is 0.237 e. The molecule has 0 unspecified atom stereocenters. The number of nitrogens with one attached hydrogen (secondary N) is 1. The molecular weight excluding hydrogens is 176 g/mol. The second kappa shape index (κ2) is 6.02. The topological polar surface area (TPSA) is 55.1 Å². The van der Waals surface area contributed by atoms with Crippen LogP contribution in [0.5, 0.6) is 0 Å². The molecule has 3 nitrogen and oxygen atoms in total. The predicted octanol–water partition coefficient (Wildman–Crippen LogP) is 1.52. The SMILES string of the molecule is CC[C@@H](NC(=O)[C@@H](N)C(C)C)C(C)C. The van der Waals surface area contributed by atoms with Crippen molar-refractivity contribution in [3.8, 4) is 0 Å². The van der Waals surface area contributed by atoms with Crippen LogP contribution in [-0.2, 0) is 4.79 Å². The minimum absolute atomic E-state index is 0.0273. The number of amides is 1. The van der Waals surface area contributed by atoms with Crippen LogP contribution in [0.2, 0.25) is 0 Å². The van der Waals surface area contributed by atoms with Crippen molar-refractivity contribution in [2.24, 2.45) is 17.6 Å². The number of nitrogens with two attached hydrogens (primary N) is 1. The van der Waals surface area contributed by atoms with E-state index in [1.54, 1.807) is 0 Å². The molecular formula is C11H24N2O. The Labute approximate surface area is 87.4 Å². The van der Waals surface area contributed by atoms with E-state index >= 15 is 0 Å². The molecule has 0 aromatic rings. The zero-order valence-electron chi connectivity index (χ0n) is 10.0. The fraction of sp³-hybridized carbons (Fsp3) is 0.909. The van der Waals surface area contributed by atoms with Crippen LogP contribution in [-0.4, -0.2) is 18.0 Å². The van der Waals surface area contributed by atoms with Gasteiger partial charge in [0.2, 0.25) is 5.91 Å². The molecule has 0 saturated heterocycles. The van der Waals surface area contributed by atoms with Gasteiger partial charge in [-0.3, -0.25) is 4.79 Å². The van der Waals surface area contributed by atoms with Crippen LogP contribution in [0.1, 0.15) is 41.0 Å². The van der Waals surface area contributed by atoms with Gasteiger partial charge in [0.15, 0.2) is 0 Å². The number of hydrogen-bond acceptors (Lipinski definition) is 2. The van der Waals surface area contributed by atoms with Gasteiger partial charge in [-0.1, -0.05) is 34.6 Å². The monoisotopic (exact) mass is 200 g/mol. The summed E-state index contributed by atoms with van der Waals surface area (Å²) in [5, 5.41) is 2.98. The molecule has 84 valence electrons. The molecule has 2 atom stereocenters. The van der Waals surface area contributed by atoms with Crippen molar-refractivity contribution in [1.29, 1.82) is 0 Å². The van der Waals surface area contributed by atoms with Crippen LogP contribution in [0, 0.1) is 11.8 Å². The summed E-state index contributed by atoms with van der Waals surface area (Å²) >= 11 is 0. The molecule has 0 bridgehead atoms. The van der Waals surface area contributed by atoms with E-state index < -0.39 is 0 Å². The fourth-order valence-corrected chi connectivity index (χ4v) is 1.32. The van der Waals surface area contributed by atoms with Gasteiger partial charge in [-0.05, 0) is 18.3 Å².